The van der Waals surface area contributed by atoms with E-state index in [1.807, 2.05) is 73.8 Å². The SMILES string of the molecule is CC1=NC(c2ccccc2)(c2ccc(Cl)cc2)C(NC(=O)c2cnccn2)=C1CN1CCN(c2ccccn2)CC1. The van der Waals surface area contributed by atoms with E-state index in [1.165, 1.54) is 12.4 Å². The summed E-state index contributed by atoms with van der Waals surface area (Å²) in [5, 5.41) is 3.88. The highest BCUT2D eigenvalue weighted by Crippen LogP contribution is 2.45. The highest BCUT2D eigenvalue weighted by Gasteiger charge is 2.45. The number of rotatable bonds is 7. The van der Waals surface area contributed by atoms with Gasteiger partial charge < -0.3 is 10.2 Å². The van der Waals surface area contributed by atoms with Crippen molar-refractivity contribution in [3.63, 3.8) is 0 Å². The normalized spacial score (nSPS) is 19.3. The van der Waals surface area contributed by atoms with Crippen molar-refractivity contribution in [1.82, 2.24) is 25.2 Å². The first-order valence-corrected chi connectivity index (χ1v) is 14.0. The minimum Gasteiger partial charge on any atom is -0.354 e. The highest BCUT2D eigenvalue weighted by molar-refractivity contribution is 6.30. The third kappa shape index (κ3) is 5.36. The number of nitrogens with zero attached hydrogens (tertiary/aromatic N) is 6. The molecule has 1 saturated heterocycles. The van der Waals surface area contributed by atoms with Crippen LogP contribution in [0.4, 0.5) is 5.82 Å². The lowest BCUT2D eigenvalue weighted by Crippen LogP contribution is -2.48. The first-order chi connectivity index (χ1) is 20.0. The first kappa shape index (κ1) is 26.8. The van der Waals surface area contributed by atoms with Crippen molar-refractivity contribution in [2.45, 2.75) is 12.5 Å². The van der Waals surface area contributed by atoms with Gasteiger partial charge in [0.2, 0.25) is 0 Å². The molecule has 0 aliphatic carbocycles. The maximum atomic E-state index is 13.6. The Morgan fingerprint density at radius 3 is 2.29 bits per heavy atom. The monoisotopic (exact) mass is 563 g/mol. The molecule has 41 heavy (non-hydrogen) atoms. The summed E-state index contributed by atoms with van der Waals surface area (Å²) in [7, 11) is 0. The predicted molar refractivity (Wildman–Crippen MR) is 161 cm³/mol. The highest BCUT2D eigenvalue weighted by atomic mass is 35.5. The van der Waals surface area contributed by atoms with Crippen LogP contribution in [0.15, 0.2) is 114 Å². The first-order valence-electron chi connectivity index (χ1n) is 13.6. The molecule has 6 rings (SSSR count). The molecule has 0 bridgehead atoms. The Kier molecular flexibility index (Phi) is 7.59. The van der Waals surface area contributed by atoms with Crippen molar-refractivity contribution in [2.75, 3.05) is 37.6 Å². The molecule has 0 radical (unpaired) electrons. The Balaban J connectivity index is 1.40. The van der Waals surface area contributed by atoms with Crippen LogP contribution < -0.4 is 10.2 Å². The van der Waals surface area contributed by atoms with Crippen molar-refractivity contribution in [3.05, 3.63) is 131 Å². The standard InChI is InChI=1S/C32H30ClN7O/c1-23-27(22-39-17-19-40(20-18-39)29-9-5-6-14-36-29)30(37-31(41)28-21-34-15-16-35-28)32(38-23,24-7-3-2-4-8-24)25-10-12-26(33)13-11-25/h2-16,21H,17-20,22H2,1H3,(H,37,41). The maximum absolute atomic E-state index is 13.6. The molecule has 2 aromatic carbocycles. The zero-order valence-corrected chi connectivity index (χ0v) is 23.5. The molecule has 2 aliphatic rings. The number of aliphatic imine (C=N–C) groups is 1. The summed E-state index contributed by atoms with van der Waals surface area (Å²) in [4.78, 5) is 36.5. The summed E-state index contributed by atoms with van der Waals surface area (Å²) in [6, 6.07) is 23.8. The van der Waals surface area contributed by atoms with Gasteiger partial charge >= 0.3 is 0 Å². The van der Waals surface area contributed by atoms with Crippen LogP contribution in [-0.2, 0) is 5.54 Å². The number of anilines is 1. The van der Waals surface area contributed by atoms with Crippen LogP contribution in [0, 0.1) is 0 Å². The summed E-state index contributed by atoms with van der Waals surface area (Å²) in [6.45, 7) is 6.11. The van der Waals surface area contributed by atoms with E-state index in [4.69, 9.17) is 16.6 Å². The zero-order chi connectivity index (χ0) is 28.2. The second-order valence-electron chi connectivity index (χ2n) is 10.1. The molecule has 2 aliphatic heterocycles. The molecule has 4 heterocycles. The second-order valence-corrected chi connectivity index (χ2v) is 10.6. The summed E-state index contributed by atoms with van der Waals surface area (Å²) in [5.41, 5.74) is 3.75. The van der Waals surface area contributed by atoms with Crippen LogP contribution in [0.5, 0.6) is 0 Å². The van der Waals surface area contributed by atoms with Crippen LogP contribution in [0.25, 0.3) is 0 Å². The third-order valence-electron chi connectivity index (χ3n) is 7.65. The summed E-state index contributed by atoms with van der Waals surface area (Å²) in [6.07, 6.45) is 6.38. The van der Waals surface area contributed by atoms with E-state index in [-0.39, 0.29) is 11.6 Å². The molecule has 0 saturated carbocycles. The van der Waals surface area contributed by atoms with Crippen molar-refractivity contribution < 1.29 is 4.79 Å². The van der Waals surface area contributed by atoms with Gasteiger partial charge in [0.15, 0.2) is 5.54 Å². The molecular formula is C32H30ClN7O. The van der Waals surface area contributed by atoms with Gasteiger partial charge in [-0.1, -0.05) is 60.1 Å². The number of amides is 1. The van der Waals surface area contributed by atoms with Gasteiger partial charge in [0.1, 0.15) is 11.5 Å². The Hall–Kier alpha value is -4.40. The van der Waals surface area contributed by atoms with Crippen molar-refractivity contribution in [3.8, 4) is 0 Å². The molecule has 9 heteroatoms. The van der Waals surface area contributed by atoms with Gasteiger partial charge in [0, 0.05) is 67.6 Å². The Morgan fingerprint density at radius 2 is 1.61 bits per heavy atom. The summed E-state index contributed by atoms with van der Waals surface area (Å²) >= 11 is 6.30. The van der Waals surface area contributed by atoms with Crippen molar-refractivity contribution in [1.29, 1.82) is 0 Å². The number of halogens is 1. The number of hydrogen-bond acceptors (Lipinski definition) is 7. The fourth-order valence-corrected chi connectivity index (χ4v) is 5.71. The summed E-state index contributed by atoms with van der Waals surface area (Å²) < 4.78 is 0. The van der Waals surface area contributed by atoms with E-state index in [0.29, 0.717) is 11.6 Å². The number of carbonyl (C=O) groups excluding carboxylic acids is 1. The van der Waals surface area contributed by atoms with Crippen LogP contribution in [-0.4, -0.2) is 64.2 Å². The van der Waals surface area contributed by atoms with Gasteiger partial charge in [-0.25, -0.2) is 9.97 Å². The van der Waals surface area contributed by atoms with Gasteiger partial charge in [-0.05, 0) is 42.3 Å². The molecule has 1 atom stereocenters. The second kappa shape index (κ2) is 11.6. The van der Waals surface area contributed by atoms with Crippen LogP contribution in [0.2, 0.25) is 5.02 Å². The van der Waals surface area contributed by atoms with Gasteiger partial charge in [0.25, 0.3) is 5.91 Å². The quantitative estimate of drug-likeness (QED) is 0.349. The van der Waals surface area contributed by atoms with Gasteiger partial charge in [0.05, 0.1) is 11.9 Å². The third-order valence-corrected chi connectivity index (χ3v) is 7.90. The van der Waals surface area contributed by atoms with E-state index in [2.05, 4.69) is 42.2 Å². The Morgan fingerprint density at radius 1 is 0.878 bits per heavy atom. The Labute approximate surface area is 244 Å². The van der Waals surface area contributed by atoms with Crippen LogP contribution in [0.3, 0.4) is 0 Å². The van der Waals surface area contributed by atoms with E-state index in [1.54, 1.807) is 6.20 Å². The maximum Gasteiger partial charge on any atom is 0.275 e. The number of pyridine rings is 1. The van der Waals surface area contributed by atoms with E-state index < -0.39 is 5.54 Å². The number of piperazine rings is 1. The fraction of sp³-hybridized carbons (Fsp3) is 0.219. The summed E-state index contributed by atoms with van der Waals surface area (Å²) in [5.74, 6) is 0.664. The number of carbonyl (C=O) groups is 1. The van der Waals surface area contributed by atoms with E-state index in [0.717, 1.165) is 60.1 Å². The molecule has 1 amide bonds. The average Bonchev–Trinajstić information content (AvgIpc) is 3.30. The Bertz CT molecular complexity index is 1570. The molecule has 0 spiro atoms. The lowest BCUT2D eigenvalue weighted by molar-refractivity contribution is 0.0955. The average molecular weight is 564 g/mol. The zero-order valence-electron chi connectivity index (χ0n) is 22.7. The van der Waals surface area contributed by atoms with Crippen molar-refractivity contribution >= 4 is 29.0 Å². The molecule has 8 nitrogen and oxygen atoms in total. The largest absolute Gasteiger partial charge is 0.354 e. The number of hydrogen-bond donors (Lipinski definition) is 1. The number of nitrogens with one attached hydrogen (secondary N) is 1. The van der Waals surface area contributed by atoms with Gasteiger partial charge in [-0.3, -0.25) is 19.7 Å². The lowest BCUT2D eigenvalue weighted by atomic mass is 9.80. The van der Waals surface area contributed by atoms with Crippen molar-refractivity contribution in [2.24, 2.45) is 4.99 Å². The van der Waals surface area contributed by atoms with Crippen LogP contribution >= 0.6 is 11.6 Å². The lowest BCUT2D eigenvalue weighted by Gasteiger charge is -2.36. The van der Waals surface area contributed by atoms with Gasteiger partial charge in [-0.15, -0.1) is 0 Å². The topological polar surface area (TPSA) is 86.6 Å². The predicted octanol–water partition coefficient (Wildman–Crippen LogP) is 4.75. The molecular weight excluding hydrogens is 534 g/mol. The van der Waals surface area contributed by atoms with E-state index >= 15 is 0 Å². The van der Waals surface area contributed by atoms with E-state index in [9.17, 15) is 4.79 Å². The molecule has 2 aromatic heterocycles. The van der Waals surface area contributed by atoms with Crippen LogP contribution in [0.1, 0.15) is 28.5 Å². The van der Waals surface area contributed by atoms with Gasteiger partial charge in [-0.2, -0.15) is 0 Å². The molecule has 1 fully saturated rings. The molecule has 4 aromatic rings. The number of benzene rings is 2. The molecule has 206 valence electrons. The minimum absolute atomic E-state index is 0.242. The minimum atomic E-state index is -0.959. The fourth-order valence-electron chi connectivity index (χ4n) is 5.58. The molecule has 1 N–H and O–H groups in total. The number of aromatic nitrogens is 3. The molecule has 1 unspecified atom stereocenters. The smallest absolute Gasteiger partial charge is 0.275 e.